The Morgan fingerprint density at radius 3 is 1.50 bits per heavy atom. The smallest absolute Gasteiger partial charge is 0.0870 e. The normalized spacial score (nSPS) is 15.5. The van der Waals surface area contributed by atoms with E-state index in [1.54, 1.807) is 0 Å². The summed E-state index contributed by atoms with van der Waals surface area (Å²) in [4.78, 5) is 2.35. The van der Waals surface area contributed by atoms with Crippen molar-refractivity contribution >= 4 is 0 Å². The Bertz CT molecular complexity index is 199. The molecular weight excluding hydrogens is 196 g/mol. The third kappa shape index (κ3) is 6.12. The van der Waals surface area contributed by atoms with E-state index in [0.29, 0.717) is 30.5 Å². The van der Waals surface area contributed by atoms with Gasteiger partial charge >= 0.3 is 0 Å². The summed E-state index contributed by atoms with van der Waals surface area (Å²) < 4.78 is 0. The Morgan fingerprint density at radius 2 is 1.25 bits per heavy atom. The molecule has 0 aliphatic rings. The molecule has 2 heteroatoms. The molecule has 2 unspecified atom stereocenters. The fraction of sp³-hybridized carbons (Fsp3) is 0.929. The van der Waals surface area contributed by atoms with E-state index in [0.717, 1.165) is 0 Å². The molecule has 0 bridgehead atoms. The monoisotopic (exact) mass is 224 g/mol. The van der Waals surface area contributed by atoms with Crippen molar-refractivity contribution < 1.29 is 0 Å². The molecule has 0 spiro atoms. The van der Waals surface area contributed by atoms with Crippen molar-refractivity contribution in [3.8, 4) is 6.07 Å². The van der Waals surface area contributed by atoms with E-state index in [2.05, 4.69) is 52.5 Å². The van der Waals surface area contributed by atoms with Crippen LogP contribution in [0.3, 0.4) is 0 Å². The van der Waals surface area contributed by atoms with Crippen LogP contribution in [0.15, 0.2) is 0 Å². The maximum absolute atomic E-state index is 8.91. The Labute approximate surface area is 102 Å². The second-order valence-corrected chi connectivity index (χ2v) is 5.79. The summed E-state index contributed by atoms with van der Waals surface area (Å²) >= 11 is 0. The van der Waals surface area contributed by atoms with Crippen LogP contribution in [0.2, 0.25) is 0 Å². The lowest BCUT2D eigenvalue weighted by atomic mass is 9.99. The van der Waals surface area contributed by atoms with E-state index >= 15 is 0 Å². The summed E-state index contributed by atoms with van der Waals surface area (Å²) in [7, 11) is 0. The van der Waals surface area contributed by atoms with Gasteiger partial charge in [0.05, 0.1) is 12.6 Å². The number of rotatable bonds is 7. The summed E-state index contributed by atoms with van der Waals surface area (Å²) in [5.41, 5.74) is 0. The number of hydrogen-bond donors (Lipinski definition) is 0. The predicted octanol–water partition coefficient (Wildman–Crippen LogP) is 3.68. The van der Waals surface area contributed by atoms with Gasteiger partial charge in [-0.2, -0.15) is 5.26 Å². The molecule has 0 aromatic heterocycles. The number of nitrogens with zero attached hydrogens (tertiary/aromatic N) is 2. The van der Waals surface area contributed by atoms with Crippen LogP contribution < -0.4 is 0 Å². The van der Waals surface area contributed by atoms with Gasteiger partial charge in [-0.15, -0.1) is 0 Å². The number of hydrogen-bond acceptors (Lipinski definition) is 2. The summed E-state index contributed by atoms with van der Waals surface area (Å²) in [5, 5.41) is 8.91. The Balaban J connectivity index is 4.40. The highest BCUT2D eigenvalue weighted by molar-refractivity contribution is 4.84. The standard InChI is InChI=1S/C14H28N2/c1-11(2)9-13(5)16(8-7-15)14(6)10-12(3)4/h11-14H,8-10H2,1-6H3. The first-order valence-corrected chi connectivity index (χ1v) is 6.51. The van der Waals surface area contributed by atoms with Gasteiger partial charge in [-0.25, -0.2) is 0 Å². The molecule has 0 aromatic rings. The maximum Gasteiger partial charge on any atom is 0.0870 e. The largest absolute Gasteiger partial charge is 0.285 e. The minimum atomic E-state index is 0.508. The second-order valence-electron chi connectivity index (χ2n) is 5.79. The second kappa shape index (κ2) is 7.68. The van der Waals surface area contributed by atoms with Crippen molar-refractivity contribution in [3.63, 3.8) is 0 Å². The van der Waals surface area contributed by atoms with Crippen LogP contribution in [-0.2, 0) is 0 Å². The van der Waals surface area contributed by atoms with E-state index < -0.39 is 0 Å². The number of nitriles is 1. The molecular formula is C14H28N2. The zero-order chi connectivity index (χ0) is 12.7. The zero-order valence-corrected chi connectivity index (χ0v) is 11.8. The van der Waals surface area contributed by atoms with Crippen molar-refractivity contribution in [3.05, 3.63) is 0 Å². The lowest BCUT2D eigenvalue weighted by Crippen LogP contribution is -2.41. The van der Waals surface area contributed by atoms with Crippen LogP contribution >= 0.6 is 0 Å². The quantitative estimate of drug-likeness (QED) is 0.617. The first-order valence-electron chi connectivity index (χ1n) is 6.51. The third-order valence-electron chi connectivity index (χ3n) is 3.01. The fourth-order valence-electron chi connectivity index (χ4n) is 2.46. The minimum absolute atomic E-state index is 0.508. The van der Waals surface area contributed by atoms with E-state index in [1.807, 2.05) is 0 Å². The Kier molecular flexibility index (Phi) is 7.42. The average molecular weight is 224 g/mol. The van der Waals surface area contributed by atoms with Crippen LogP contribution in [0.4, 0.5) is 0 Å². The lowest BCUT2D eigenvalue weighted by Gasteiger charge is -2.34. The van der Waals surface area contributed by atoms with Crippen LogP contribution in [-0.4, -0.2) is 23.5 Å². The van der Waals surface area contributed by atoms with E-state index in [1.165, 1.54) is 12.8 Å². The van der Waals surface area contributed by atoms with Crippen molar-refractivity contribution in [2.75, 3.05) is 6.54 Å². The highest BCUT2D eigenvalue weighted by atomic mass is 15.2. The van der Waals surface area contributed by atoms with Crippen LogP contribution in [0.25, 0.3) is 0 Å². The maximum atomic E-state index is 8.91. The van der Waals surface area contributed by atoms with E-state index in [9.17, 15) is 0 Å². The zero-order valence-electron chi connectivity index (χ0n) is 11.8. The lowest BCUT2D eigenvalue weighted by molar-refractivity contribution is 0.140. The first kappa shape index (κ1) is 15.4. The minimum Gasteiger partial charge on any atom is -0.285 e. The topological polar surface area (TPSA) is 27.0 Å². The molecule has 16 heavy (non-hydrogen) atoms. The molecule has 0 radical (unpaired) electrons. The van der Waals surface area contributed by atoms with Crippen molar-refractivity contribution in [2.24, 2.45) is 11.8 Å². The molecule has 0 rings (SSSR count). The molecule has 2 nitrogen and oxygen atoms in total. The van der Waals surface area contributed by atoms with Crippen LogP contribution in [0, 0.1) is 23.2 Å². The van der Waals surface area contributed by atoms with E-state index in [4.69, 9.17) is 5.26 Å². The van der Waals surface area contributed by atoms with Crippen molar-refractivity contribution in [1.29, 1.82) is 5.26 Å². The Hall–Kier alpha value is -0.550. The highest BCUT2D eigenvalue weighted by Gasteiger charge is 2.21. The average Bonchev–Trinajstić information content (AvgIpc) is 2.11. The first-order chi connectivity index (χ1) is 7.38. The summed E-state index contributed by atoms with van der Waals surface area (Å²) in [6.45, 7) is 14.0. The molecule has 0 aliphatic heterocycles. The molecule has 0 saturated carbocycles. The van der Waals surface area contributed by atoms with Gasteiger partial charge in [0.2, 0.25) is 0 Å². The third-order valence-corrected chi connectivity index (χ3v) is 3.01. The van der Waals surface area contributed by atoms with Gasteiger partial charge in [-0.05, 0) is 38.5 Å². The highest BCUT2D eigenvalue weighted by Crippen LogP contribution is 2.18. The van der Waals surface area contributed by atoms with Crippen molar-refractivity contribution in [2.45, 2.75) is 66.5 Å². The van der Waals surface area contributed by atoms with Crippen LogP contribution in [0.5, 0.6) is 0 Å². The molecule has 94 valence electrons. The molecule has 0 aliphatic carbocycles. The van der Waals surface area contributed by atoms with E-state index in [-0.39, 0.29) is 0 Å². The molecule has 0 aromatic carbocycles. The van der Waals surface area contributed by atoms with Gasteiger partial charge in [0.15, 0.2) is 0 Å². The van der Waals surface area contributed by atoms with Gasteiger partial charge in [0, 0.05) is 12.1 Å². The van der Waals surface area contributed by atoms with Gasteiger partial charge in [-0.1, -0.05) is 27.7 Å². The van der Waals surface area contributed by atoms with Gasteiger partial charge in [0.25, 0.3) is 0 Å². The molecule has 0 saturated heterocycles. The summed E-state index contributed by atoms with van der Waals surface area (Å²) in [6, 6.07) is 3.32. The van der Waals surface area contributed by atoms with Crippen LogP contribution in [0.1, 0.15) is 54.4 Å². The predicted molar refractivity (Wildman–Crippen MR) is 70.2 cm³/mol. The molecule has 0 amide bonds. The van der Waals surface area contributed by atoms with Crippen molar-refractivity contribution in [1.82, 2.24) is 4.90 Å². The molecule has 0 heterocycles. The molecule has 0 fully saturated rings. The summed E-state index contributed by atoms with van der Waals surface area (Å²) in [6.07, 6.45) is 2.34. The fourth-order valence-corrected chi connectivity index (χ4v) is 2.46. The Morgan fingerprint density at radius 1 is 0.875 bits per heavy atom. The molecule has 0 N–H and O–H groups in total. The van der Waals surface area contributed by atoms with Gasteiger partial charge in [-0.3, -0.25) is 4.90 Å². The SMILES string of the molecule is CC(C)CC(C)N(CC#N)C(C)CC(C)C. The van der Waals surface area contributed by atoms with Gasteiger partial charge < -0.3 is 0 Å². The molecule has 2 atom stereocenters. The summed E-state index contributed by atoms with van der Waals surface area (Å²) in [5.74, 6) is 1.39. The van der Waals surface area contributed by atoms with Gasteiger partial charge in [0.1, 0.15) is 0 Å².